The van der Waals surface area contributed by atoms with Gasteiger partial charge in [-0.25, -0.2) is 4.39 Å². The van der Waals surface area contributed by atoms with Crippen LogP contribution in [0.4, 0.5) is 4.39 Å². The molecular weight excluding hydrogens is 489 g/mol. The molecule has 37 heavy (non-hydrogen) atoms. The van der Waals surface area contributed by atoms with E-state index in [0.29, 0.717) is 28.0 Å². The lowest BCUT2D eigenvalue weighted by atomic mass is 10.2. The summed E-state index contributed by atoms with van der Waals surface area (Å²) in [5.74, 6) is 0.779. The van der Waals surface area contributed by atoms with Crippen molar-refractivity contribution in [1.29, 1.82) is 0 Å². The Bertz CT molecular complexity index is 1450. The Hall–Kier alpha value is -4.43. The average molecular weight is 512 g/mol. The van der Waals surface area contributed by atoms with Gasteiger partial charge < -0.3 is 9.15 Å². The maximum Gasteiger partial charge on any atom is 0.267 e. The second kappa shape index (κ2) is 11.5. The van der Waals surface area contributed by atoms with Crippen molar-refractivity contribution in [3.05, 3.63) is 130 Å². The molecule has 1 aromatic heterocycles. The first-order valence-electron chi connectivity index (χ1n) is 11.5. The van der Waals surface area contributed by atoms with E-state index in [4.69, 9.17) is 9.15 Å². The van der Waals surface area contributed by atoms with Gasteiger partial charge in [-0.15, -0.1) is 5.10 Å². The number of hydrogen-bond donors (Lipinski definition) is 0. The van der Waals surface area contributed by atoms with Gasteiger partial charge in [-0.1, -0.05) is 54.6 Å². The van der Waals surface area contributed by atoms with Crippen LogP contribution in [0.5, 0.6) is 5.75 Å². The second-order valence-electron chi connectivity index (χ2n) is 8.11. The number of carbonyl (C=O) groups excluding carboxylic acids is 1. The van der Waals surface area contributed by atoms with Crippen LogP contribution in [0.1, 0.15) is 22.5 Å². The fourth-order valence-electron chi connectivity index (χ4n) is 3.56. The van der Waals surface area contributed by atoms with Gasteiger partial charge in [0.2, 0.25) is 0 Å². The molecule has 0 saturated carbocycles. The van der Waals surface area contributed by atoms with E-state index in [2.05, 4.69) is 10.2 Å². The number of amidine groups is 1. The number of ether oxygens (including phenoxy) is 1. The molecule has 0 spiro atoms. The number of hydrogen-bond acceptors (Lipinski definition) is 6. The maximum atomic E-state index is 13.3. The standard InChI is InChI=1S/C29H22FN3O3S/c30-24-13-11-21(12-14-24)17-27-28(34)33(19-26-10-5-15-35-26)29(37-27)32-31-18-23-8-4-9-25(16-23)36-20-22-6-2-1-3-7-22/h1-18H,19-20H2/b27-17-,31-18+,32-29-. The molecule has 0 unspecified atom stereocenters. The van der Waals surface area contributed by atoms with Crippen molar-refractivity contribution in [2.45, 2.75) is 13.2 Å². The van der Waals surface area contributed by atoms with Gasteiger partial charge in [0.1, 0.15) is 23.9 Å². The molecule has 0 bridgehead atoms. The molecule has 1 saturated heterocycles. The predicted octanol–water partition coefficient (Wildman–Crippen LogP) is 6.50. The van der Waals surface area contributed by atoms with Crippen LogP contribution in [0, 0.1) is 5.82 Å². The van der Waals surface area contributed by atoms with Gasteiger partial charge in [-0.2, -0.15) is 5.10 Å². The smallest absolute Gasteiger partial charge is 0.267 e. The summed E-state index contributed by atoms with van der Waals surface area (Å²) in [5.41, 5.74) is 2.60. The number of amides is 1. The molecule has 5 rings (SSSR count). The molecule has 1 amide bonds. The summed E-state index contributed by atoms with van der Waals surface area (Å²) >= 11 is 1.21. The SMILES string of the molecule is O=C1/C(=C/c2ccc(F)cc2)S/C(=N\N=C\c2cccc(OCc3ccccc3)c2)N1Cc1ccco1. The van der Waals surface area contributed by atoms with Crippen molar-refractivity contribution in [2.75, 3.05) is 0 Å². The van der Waals surface area contributed by atoms with E-state index in [-0.39, 0.29) is 18.3 Å². The minimum Gasteiger partial charge on any atom is -0.489 e. The van der Waals surface area contributed by atoms with E-state index in [9.17, 15) is 9.18 Å². The molecule has 6 nitrogen and oxygen atoms in total. The van der Waals surface area contributed by atoms with Crippen LogP contribution in [-0.4, -0.2) is 22.2 Å². The Morgan fingerprint density at radius 1 is 0.946 bits per heavy atom. The van der Waals surface area contributed by atoms with Crippen LogP contribution in [-0.2, 0) is 17.9 Å². The summed E-state index contributed by atoms with van der Waals surface area (Å²) < 4.78 is 24.6. The quantitative estimate of drug-likeness (QED) is 0.154. The number of thioether (sulfide) groups is 1. The minimum atomic E-state index is -0.335. The largest absolute Gasteiger partial charge is 0.489 e. The number of halogens is 1. The Morgan fingerprint density at radius 2 is 1.78 bits per heavy atom. The van der Waals surface area contributed by atoms with E-state index < -0.39 is 0 Å². The summed E-state index contributed by atoms with van der Waals surface area (Å²) in [5, 5.41) is 8.99. The van der Waals surface area contributed by atoms with Crippen LogP contribution in [0.2, 0.25) is 0 Å². The highest BCUT2D eigenvalue weighted by Gasteiger charge is 2.34. The van der Waals surface area contributed by atoms with Crippen molar-refractivity contribution >= 4 is 35.1 Å². The molecule has 0 atom stereocenters. The fourth-order valence-corrected chi connectivity index (χ4v) is 4.50. The highest BCUT2D eigenvalue weighted by Crippen LogP contribution is 2.34. The fraction of sp³-hybridized carbons (Fsp3) is 0.0690. The van der Waals surface area contributed by atoms with Gasteiger partial charge in [0.15, 0.2) is 5.17 Å². The lowest BCUT2D eigenvalue weighted by Gasteiger charge is -2.12. The molecule has 0 N–H and O–H groups in total. The van der Waals surface area contributed by atoms with E-state index >= 15 is 0 Å². The van der Waals surface area contributed by atoms with Crippen molar-refractivity contribution in [3.8, 4) is 5.75 Å². The van der Waals surface area contributed by atoms with Crippen LogP contribution in [0.15, 0.2) is 117 Å². The molecular formula is C29H22FN3O3S. The molecule has 8 heteroatoms. The topological polar surface area (TPSA) is 67.4 Å². The Morgan fingerprint density at radius 3 is 2.57 bits per heavy atom. The summed E-state index contributed by atoms with van der Waals surface area (Å²) in [4.78, 5) is 15.1. The van der Waals surface area contributed by atoms with E-state index in [1.807, 2.05) is 54.6 Å². The van der Waals surface area contributed by atoms with Gasteiger partial charge in [-0.05, 0) is 70.9 Å². The summed E-state index contributed by atoms with van der Waals surface area (Å²) in [6, 6.07) is 27.0. The number of benzene rings is 3. The maximum absolute atomic E-state index is 13.3. The van der Waals surface area contributed by atoms with E-state index in [1.54, 1.807) is 42.8 Å². The molecule has 0 radical (unpaired) electrons. The number of furan rings is 1. The third-order valence-corrected chi connectivity index (χ3v) is 6.40. The summed E-state index contributed by atoms with van der Waals surface area (Å²) in [6.45, 7) is 0.685. The van der Waals surface area contributed by atoms with Crippen LogP contribution in [0.3, 0.4) is 0 Å². The first kappa shape index (κ1) is 24.3. The van der Waals surface area contributed by atoms with Gasteiger partial charge >= 0.3 is 0 Å². The lowest BCUT2D eigenvalue weighted by molar-refractivity contribution is -0.122. The molecule has 3 aromatic carbocycles. The molecule has 4 aromatic rings. The van der Waals surface area contributed by atoms with Gasteiger partial charge in [0.05, 0.1) is 23.9 Å². The number of rotatable bonds is 8. The monoisotopic (exact) mass is 511 g/mol. The lowest BCUT2D eigenvalue weighted by Crippen LogP contribution is -2.28. The molecule has 1 fully saturated rings. The van der Waals surface area contributed by atoms with Gasteiger partial charge in [0, 0.05) is 0 Å². The number of carbonyl (C=O) groups is 1. The third-order valence-electron chi connectivity index (χ3n) is 5.41. The van der Waals surface area contributed by atoms with E-state index in [0.717, 1.165) is 16.9 Å². The zero-order valence-electron chi connectivity index (χ0n) is 19.7. The van der Waals surface area contributed by atoms with Crippen molar-refractivity contribution in [3.63, 3.8) is 0 Å². The average Bonchev–Trinajstić information content (AvgIpc) is 3.54. The van der Waals surface area contributed by atoms with Gasteiger partial charge in [-0.3, -0.25) is 9.69 Å². The molecule has 2 heterocycles. The molecule has 1 aliphatic heterocycles. The van der Waals surface area contributed by atoms with Crippen molar-refractivity contribution in [1.82, 2.24) is 4.90 Å². The Labute approximate surface area is 217 Å². The Balaban J connectivity index is 1.33. The zero-order chi connectivity index (χ0) is 25.5. The minimum absolute atomic E-state index is 0.219. The molecule has 1 aliphatic rings. The zero-order valence-corrected chi connectivity index (χ0v) is 20.5. The second-order valence-corrected chi connectivity index (χ2v) is 9.12. The summed E-state index contributed by atoms with van der Waals surface area (Å²) in [6.07, 6.45) is 4.88. The van der Waals surface area contributed by atoms with Crippen LogP contribution in [0.25, 0.3) is 6.08 Å². The first-order valence-corrected chi connectivity index (χ1v) is 12.3. The van der Waals surface area contributed by atoms with Crippen molar-refractivity contribution in [2.24, 2.45) is 10.2 Å². The summed E-state index contributed by atoms with van der Waals surface area (Å²) in [7, 11) is 0. The highest BCUT2D eigenvalue weighted by atomic mass is 32.2. The normalized spacial score (nSPS) is 15.8. The van der Waals surface area contributed by atoms with Crippen molar-refractivity contribution < 1.29 is 18.3 Å². The molecule has 184 valence electrons. The number of nitrogens with zero attached hydrogens (tertiary/aromatic N) is 3. The third kappa shape index (κ3) is 6.42. The van der Waals surface area contributed by atoms with Crippen LogP contribution < -0.4 is 4.74 Å². The Kier molecular flexibility index (Phi) is 7.57. The van der Waals surface area contributed by atoms with E-state index in [1.165, 1.54) is 28.8 Å². The molecule has 0 aliphatic carbocycles. The highest BCUT2D eigenvalue weighted by molar-refractivity contribution is 8.18. The van der Waals surface area contributed by atoms with Gasteiger partial charge in [0.25, 0.3) is 5.91 Å². The van der Waals surface area contributed by atoms with Crippen LogP contribution >= 0.6 is 11.8 Å². The predicted molar refractivity (Wildman–Crippen MR) is 143 cm³/mol. The first-order chi connectivity index (χ1) is 18.1.